The number of piperazine rings is 1. The van der Waals surface area contributed by atoms with Crippen molar-refractivity contribution in [3.8, 4) is 11.4 Å². The lowest BCUT2D eigenvalue weighted by atomic mass is 10.1. The molecule has 1 aliphatic carbocycles. The number of aromatic nitrogens is 2. The Morgan fingerprint density at radius 3 is 2.46 bits per heavy atom. The highest BCUT2D eigenvalue weighted by Gasteiger charge is 2.35. The minimum Gasteiger partial charge on any atom is -0.494 e. The number of carbonyl (C=O) groups excluding carboxylic acids is 1. The lowest BCUT2D eigenvalue weighted by molar-refractivity contribution is 0.0730. The molecule has 2 heterocycles. The van der Waals surface area contributed by atoms with Gasteiger partial charge in [0.05, 0.1) is 24.5 Å². The molecule has 0 bridgehead atoms. The van der Waals surface area contributed by atoms with Crippen molar-refractivity contribution in [1.29, 1.82) is 0 Å². The number of likely N-dealkylation sites (N-methyl/N-ethyl adjacent to an activating group) is 1. The second-order valence-electron chi connectivity index (χ2n) is 10.6. The summed E-state index contributed by atoms with van der Waals surface area (Å²) in [6, 6.07) is 14.3. The molecule has 208 valence electrons. The van der Waals surface area contributed by atoms with E-state index in [2.05, 4.69) is 23.6 Å². The van der Waals surface area contributed by atoms with Crippen molar-refractivity contribution in [2.24, 2.45) is 0 Å². The zero-order valence-corrected chi connectivity index (χ0v) is 23.4. The average Bonchev–Trinajstić information content (AvgIpc) is 3.75. The number of carbonyl (C=O) groups is 1. The van der Waals surface area contributed by atoms with E-state index in [4.69, 9.17) is 9.84 Å². The standard InChI is InChI=1S/C31H40FN5O2/c1-4-6-20-39-28-14-10-24(11-15-28)31(38)36(26-12-13-26)22-29-23(3)33-37(27-9-7-8-25(32)21-27)30(29)35-18-16-34(5-2)17-19-35/h7-11,14-15,21,26H,4-6,12-13,16-20,22H2,1-3H3. The third-order valence-corrected chi connectivity index (χ3v) is 7.77. The maximum atomic E-state index is 14.2. The van der Waals surface area contributed by atoms with E-state index in [1.165, 1.54) is 12.1 Å². The summed E-state index contributed by atoms with van der Waals surface area (Å²) >= 11 is 0. The van der Waals surface area contributed by atoms with Gasteiger partial charge in [0, 0.05) is 43.3 Å². The quantitative estimate of drug-likeness (QED) is 0.307. The molecule has 1 aromatic heterocycles. The summed E-state index contributed by atoms with van der Waals surface area (Å²) in [4.78, 5) is 20.6. The van der Waals surface area contributed by atoms with Crippen molar-refractivity contribution < 1.29 is 13.9 Å². The highest BCUT2D eigenvalue weighted by Crippen LogP contribution is 2.35. The van der Waals surface area contributed by atoms with Gasteiger partial charge in [-0.2, -0.15) is 5.10 Å². The lowest BCUT2D eigenvalue weighted by Crippen LogP contribution is -2.47. The van der Waals surface area contributed by atoms with E-state index in [9.17, 15) is 9.18 Å². The fraction of sp³-hybridized carbons (Fsp3) is 0.484. The molecule has 0 spiro atoms. The molecule has 2 aromatic carbocycles. The van der Waals surface area contributed by atoms with Crippen molar-refractivity contribution >= 4 is 11.7 Å². The zero-order valence-electron chi connectivity index (χ0n) is 23.4. The Morgan fingerprint density at radius 1 is 1.08 bits per heavy atom. The first-order chi connectivity index (χ1) is 19.0. The molecule has 8 heteroatoms. The van der Waals surface area contributed by atoms with Crippen LogP contribution < -0.4 is 9.64 Å². The zero-order chi connectivity index (χ0) is 27.4. The summed E-state index contributed by atoms with van der Waals surface area (Å²) in [7, 11) is 0. The molecule has 7 nitrogen and oxygen atoms in total. The Hall–Kier alpha value is -3.39. The number of ether oxygens (including phenoxy) is 1. The van der Waals surface area contributed by atoms with Crippen LogP contribution in [0.5, 0.6) is 5.75 Å². The van der Waals surface area contributed by atoms with E-state index in [1.54, 1.807) is 6.07 Å². The van der Waals surface area contributed by atoms with Crippen molar-refractivity contribution in [2.45, 2.75) is 59.0 Å². The van der Waals surface area contributed by atoms with Gasteiger partial charge >= 0.3 is 0 Å². The predicted octanol–water partition coefficient (Wildman–Crippen LogP) is 5.45. The molecule has 1 saturated heterocycles. The van der Waals surface area contributed by atoms with Gasteiger partial charge in [-0.15, -0.1) is 0 Å². The van der Waals surface area contributed by atoms with Crippen LogP contribution in [0.15, 0.2) is 48.5 Å². The normalized spacial score (nSPS) is 15.9. The van der Waals surface area contributed by atoms with Crippen LogP contribution in [0.1, 0.15) is 61.1 Å². The van der Waals surface area contributed by atoms with E-state index < -0.39 is 0 Å². The Labute approximate surface area is 231 Å². The van der Waals surface area contributed by atoms with E-state index in [0.29, 0.717) is 24.4 Å². The van der Waals surface area contributed by atoms with Gasteiger partial charge in [0.25, 0.3) is 5.91 Å². The van der Waals surface area contributed by atoms with Crippen LogP contribution in [0, 0.1) is 12.7 Å². The Balaban J connectivity index is 1.44. The third kappa shape index (κ3) is 6.27. The SMILES string of the molecule is CCCCOc1ccc(C(=O)N(Cc2c(C)nn(-c3cccc(F)c3)c2N2CCN(CC)CC2)C2CC2)cc1. The summed E-state index contributed by atoms with van der Waals surface area (Å²) in [5, 5.41) is 4.89. The van der Waals surface area contributed by atoms with Crippen molar-refractivity contribution in [3.05, 3.63) is 71.2 Å². The summed E-state index contributed by atoms with van der Waals surface area (Å²) in [6.45, 7) is 12.1. The van der Waals surface area contributed by atoms with E-state index in [-0.39, 0.29) is 17.8 Å². The predicted molar refractivity (Wildman–Crippen MR) is 152 cm³/mol. The number of amides is 1. The fourth-order valence-electron chi connectivity index (χ4n) is 5.24. The fourth-order valence-corrected chi connectivity index (χ4v) is 5.24. The van der Waals surface area contributed by atoms with Gasteiger partial charge in [-0.1, -0.05) is 26.3 Å². The first kappa shape index (κ1) is 27.2. The van der Waals surface area contributed by atoms with Crippen molar-refractivity contribution in [3.63, 3.8) is 0 Å². The number of halogens is 1. The van der Waals surface area contributed by atoms with Crippen LogP contribution in [0.4, 0.5) is 10.2 Å². The largest absolute Gasteiger partial charge is 0.494 e. The van der Waals surface area contributed by atoms with Crippen LogP contribution in [0.25, 0.3) is 5.69 Å². The molecule has 1 amide bonds. The van der Waals surface area contributed by atoms with Crippen LogP contribution >= 0.6 is 0 Å². The monoisotopic (exact) mass is 533 g/mol. The third-order valence-electron chi connectivity index (χ3n) is 7.77. The van der Waals surface area contributed by atoms with Crippen LogP contribution in [-0.4, -0.2) is 70.9 Å². The van der Waals surface area contributed by atoms with E-state index >= 15 is 0 Å². The number of unbranched alkanes of at least 4 members (excludes halogenated alkanes) is 1. The summed E-state index contributed by atoms with van der Waals surface area (Å²) < 4.78 is 21.9. The molecule has 0 radical (unpaired) electrons. The van der Waals surface area contributed by atoms with Crippen LogP contribution in [0.2, 0.25) is 0 Å². The molecular formula is C31H40FN5O2. The summed E-state index contributed by atoms with van der Waals surface area (Å²) in [6.07, 6.45) is 4.10. The minimum atomic E-state index is -0.291. The van der Waals surface area contributed by atoms with Crippen LogP contribution in [-0.2, 0) is 6.54 Å². The smallest absolute Gasteiger partial charge is 0.254 e. The molecule has 1 saturated carbocycles. The molecular weight excluding hydrogens is 493 g/mol. The van der Waals surface area contributed by atoms with Crippen molar-refractivity contribution in [1.82, 2.24) is 19.6 Å². The molecule has 2 aliphatic rings. The van der Waals surface area contributed by atoms with Gasteiger partial charge in [0.2, 0.25) is 0 Å². The number of rotatable bonds is 11. The number of nitrogens with zero attached hydrogens (tertiary/aromatic N) is 5. The second kappa shape index (κ2) is 12.2. The molecule has 3 aromatic rings. The highest BCUT2D eigenvalue weighted by atomic mass is 19.1. The average molecular weight is 534 g/mol. The summed E-state index contributed by atoms with van der Waals surface area (Å²) in [5.41, 5.74) is 3.26. The van der Waals surface area contributed by atoms with Gasteiger partial charge in [-0.05, 0) is 75.2 Å². The molecule has 5 rings (SSSR count). The number of anilines is 1. The molecule has 1 aliphatic heterocycles. The molecule has 2 fully saturated rings. The maximum Gasteiger partial charge on any atom is 0.254 e. The number of aryl methyl sites for hydroxylation is 1. The first-order valence-corrected chi connectivity index (χ1v) is 14.3. The van der Waals surface area contributed by atoms with Gasteiger partial charge in [-0.3, -0.25) is 4.79 Å². The molecule has 0 N–H and O–H groups in total. The Morgan fingerprint density at radius 2 is 1.82 bits per heavy atom. The molecule has 0 unspecified atom stereocenters. The molecule has 39 heavy (non-hydrogen) atoms. The van der Waals surface area contributed by atoms with E-state index in [0.717, 1.165) is 81.2 Å². The highest BCUT2D eigenvalue weighted by molar-refractivity contribution is 5.94. The van der Waals surface area contributed by atoms with Gasteiger partial charge in [-0.25, -0.2) is 9.07 Å². The lowest BCUT2D eigenvalue weighted by Gasteiger charge is -2.36. The molecule has 0 atom stereocenters. The summed E-state index contributed by atoms with van der Waals surface area (Å²) in [5.74, 6) is 1.49. The minimum absolute atomic E-state index is 0.0252. The first-order valence-electron chi connectivity index (χ1n) is 14.3. The Bertz CT molecular complexity index is 1260. The number of hydrogen-bond donors (Lipinski definition) is 0. The van der Waals surface area contributed by atoms with Gasteiger partial charge < -0.3 is 19.4 Å². The Kier molecular flexibility index (Phi) is 8.50. The topological polar surface area (TPSA) is 53.8 Å². The second-order valence-corrected chi connectivity index (χ2v) is 10.6. The van der Waals surface area contributed by atoms with Gasteiger partial charge in [0.15, 0.2) is 0 Å². The van der Waals surface area contributed by atoms with Gasteiger partial charge in [0.1, 0.15) is 17.4 Å². The van der Waals surface area contributed by atoms with Crippen LogP contribution in [0.3, 0.4) is 0 Å². The van der Waals surface area contributed by atoms with Crippen molar-refractivity contribution in [2.75, 3.05) is 44.2 Å². The number of benzene rings is 2. The maximum absolute atomic E-state index is 14.2. The number of hydrogen-bond acceptors (Lipinski definition) is 5. The van der Waals surface area contributed by atoms with E-state index in [1.807, 2.05) is 46.8 Å².